The highest BCUT2D eigenvalue weighted by molar-refractivity contribution is 5.27. The zero-order chi connectivity index (χ0) is 13.4. The van der Waals surface area contributed by atoms with Gasteiger partial charge < -0.3 is 15.6 Å². The van der Waals surface area contributed by atoms with Crippen LogP contribution in [0.3, 0.4) is 0 Å². The summed E-state index contributed by atoms with van der Waals surface area (Å²) in [6.45, 7) is 1.94. The van der Waals surface area contributed by atoms with Crippen LogP contribution >= 0.6 is 0 Å². The minimum Gasteiger partial charge on any atom is -0.347 e. The Labute approximate surface area is 119 Å². The van der Waals surface area contributed by atoms with Crippen molar-refractivity contribution < 1.29 is 0 Å². The van der Waals surface area contributed by atoms with Crippen molar-refractivity contribution in [1.82, 2.24) is 20.6 Å². The summed E-state index contributed by atoms with van der Waals surface area (Å²) < 4.78 is 0. The molecular weight excluding hydrogens is 248 g/mol. The summed E-state index contributed by atoms with van der Waals surface area (Å²) in [5.41, 5.74) is 3.94. The fraction of sp³-hybridized carbons (Fsp3) is 0.438. The molecule has 4 rings (SSSR count). The molecule has 0 radical (unpaired) electrons. The van der Waals surface area contributed by atoms with E-state index in [2.05, 4.69) is 50.9 Å². The van der Waals surface area contributed by atoms with Crippen LogP contribution in [0.15, 0.2) is 36.7 Å². The SMILES string of the molecule is c1ccc(C2CC2NCC2Cc3nc[nH]c3CN2)cc1. The third kappa shape index (κ3) is 2.37. The number of H-pyrrole nitrogens is 1. The maximum atomic E-state index is 4.39. The van der Waals surface area contributed by atoms with Crippen LogP contribution in [0.4, 0.5) is 0 Å². The average Bonchev–Trinajstić information content (AvgIpc) is 3.13. The molecule has 0 bridgehead atoms. The minimum atomic E-state index is 0.503. The van der Waals surface area contributed by atoms with Gasteiger partial charge in [-0.1, -0.05) is 30.3 Å². The maximum absolute atomic E-state index is 4.39. The molecule has 20 heavy (non-hydrogen) atoms. The number of benzene rings is 1. The number of hydrogen-bond acceptors (Lipinski definition) is 3. The molecule has 1 aromatic heterocycles. The Morgan fingerprint density at radius 2 is 2.15 bits per heavy atom. The Bertz CT molecular complexity index is 577. The van der Waals surface area contributed by atoms with Crippen molar-refractivity contribution in [2.75, 3.05) is 6.54 Å². The lowest BCUT2D eigenvalue weighted by molar-refractivity contribution is 0.438. The first-order chi connectivity index (χ1) is 9.90. The second-order valence-corrected chi connectivity index (χ2v) is 5.88. The molecular formula is C16H20N4. The zero-order valence-corrected chi connectivity index (χ0v) is 11.5. The van der Waals surface area contributed by atoms with E-state index in [1.807, 2.05) is 0 Å². The predicted molar refractivity (Wildman–Crippen MR) is 78.5 cm³/mol. The maximum Gasteiger partial charge on any atom is 0.0925 e. The topological polar surface area (TPSA) is 52.7 Å². The molecule has 2 aliphatic rings. The predicted octanol–water partition coefficient (Wildman–Crippen LogP) is 1.57. The Balaban J connectivity index is 1.29. The molecule has 2 heterocycles. The van der Waals surface area contributed by atoms with E-state index in [-0.39, 0.29) is 0 Å². The molecule has 0 saturated heterocycles. The van der Waals surface area contributed by atoms with Crippen molar-refractivity contribution >= 4 is 0 Å². The molecule has 1 aliphatic carbocycles. The summed E-state index contributed by atoms with van der Waals surface area (Å²) >= 11 is 0. The van der Waals surface area contributed by atoms with Crippen LogP contribution in [0.1, 0.15) is 29.3 Å². The van der Waals surface area contributed by atoms with Crippen LogP contribution in [-0.2, 0) is 13.0 Å². The van der Waals surface area contributed by atoms with Crippen LogP contribution in [0.5, 0.6) is 0 Å². The van der Waals surface area contributed by atoms with Gasteiger partial charge in [0.05, 0.1) is 17.7 Å². The van der Waals surface area contributed by atoms with Crippen molar-refractivity contribution in [2.24, 2.45) is 0 Å². The average molecular weight is 268 g/mol. The molecule has 2 aromatic rings. The smallest absolute Gasteiger partial charge is 0.0925 e. The first-order valence-corrected chi connectivity index (χ1v) is 7.43. The fourth-order valence-electron chi connectivity index (χ4n) is 3.16. The van der Waals surface area contributed by atoms with E-state index in [0.29, 0.717) is 18.0 Å². The third-order valence-electron chi connectivity index (χ3n) is 4.46. The molecule has 0 spiro atoms. The normalized spacial score (nSPS) is 28.1. The molecule has 3 atom stereocenters. The van der Waals surface area contributed by atoms with Crippen LogP contribution in [0.25, 0.3) is 0 Å². The summed E-state index contributed by atoms with van der Waals surface area (Å²) in [4.78, 5) is 7.58. The lowest BCUT2D eigenvalue weighted by Gasteiger charge is -2.23. The van der Waals surface area contributed by atoms with Crippen LogP contribution in [0.2, 0.25) is 0 Å². The van der Waals surface area contributed by atoms with Crippen molar-refractivity contribution in [1.29, 1.82) is 0 Å². The van der Waals surface area contributed by atoms with Gasteiger partial charge in [-0.3, -0.25) is 0 Å². The Morgan fingerprint density at radius 1 is 1.25 bits per heavy atom. The van der Waals surface area contributed by atoms with Gasteiger partial charge in [0.1, 0.15) is 0 Å². The summed E-state index contributed by atoms with van der Waals surface area (Å²) in [6, 6.07) is 12.0. The standard InChI is InChI=1S/C16H20N4/c1-2-4-11(5-3-1)13-7-14(13)18-8-12-6-15-16(9-17-12)20-10-19-15/h1-5,10,12-14,17-18H,6-9H2,(H,19,20). The van der Waals surface area contributed by atoms with Crippen molar-refractivity contribution in [3.05, 3.63) is 53.6 Å². The number of aromatic nitrogens is 2. The van der Waals surface area contributed by atoms with Crippen LogP contribution in [-0.4, -0.2) is 28.6 Å². The van der Waals surface area contributed by atoms with Gasteiger partial charge in [0.2, 0.25) is 0 Å². The van der Waals surface area contributed by atoms with Crippen molar-refractivity contribution in [3.63, 3.8) is 0 Å². The molecule has 104 valence electrons. The van der Waals surface area contributed by atoms with E-state index in [9.17, 15) is 0 Å². The quantitative estimate of drug-likeness (QED) is 0.789. The van der Waals surface area contributed by atoms with E-state index in [1.165, 1.54) is 23.4 Å². The van der Waals surface area contributed by atoms with Crippen molar-refractivity contribution in [3.8, 4) is 0 Å². The third-order valence-corrected chi connectivity index (χ3v) is 4.46. The fourth-order valence-corrected chi connectivity index (χ4v) is 3.16. The van der Waals surface area contributed by atoms with Crippen LogP contribution in [0, 0.1) is 0 Å². The number of rotatable bonds is 4. The number of imidazole rings is 1. The van der Waals surface area contributed by atoms with Gasteiger partial charge in [0.25, 0.3) is 0 Å². The molecule has 0 amide bonds. The van der Waals surface area contributed by atoms with E-state index in [4.69, 9.17) is 0 Å². The first kappa shape index (κ1) is 12.1. The second kappa shape index (κ2) is 5.04. The number of fused-ring (bicyclic) bond motifs is 1. The van der Waals surface area contributed by atoms with Gasteiger partial charge in [-0.2, -0.15) is 0 Å². The zero-order valence-electron chi connectivity index (χ0n) is 11.5. The molecule has 1 aliphatic heterocycles. The molecule has 3 N–H and O–H groups in total. The highest BCUT2D eigenvalue weighted by Crippen LogP contribution is 2.40. The van der Waals surface area contributed by atoms with Gasteiger partial charge in [-0.25, -0.2) is 4.98 Å². The summed E-state index contributed by atoms with van der Waals surface area (Å²) in [7, 11) is 0. The van der Waals surface area contributed by atoms with Crippen molar-refractivity contribution in [2.45, 2.75) is 37.4 Å². The Hall–Kier alpha value is -1.65. The van der Waals surface area contributed by atoms with E-state index < -0.39 is 0 Å². The number of aromatic amines is 1. The molecule has 4 nitrogen and oxygen atoms in total. The lowest BCUT2D eigenvalue weighted by Crippen LogP contribution is -2.43. The molecule has 1 aromatic carbocycles. The van der Waals surface area contributed by atoms with Gasteiger partial charge >= 0.3 is 0 Å². The van der Waals surface area contributed by atoms with E-state index in [1.54, 1.807) is 6.33 Å². The van der Waals surface area contributed by atoms with Crippen LogP contribution < -0.4 is 10.6 Å². The first-order valence-electron chi connectivity index (χ1n) is 7.43. The molecule has 1 saturated carbocycles. The largest absolute Gasteiger partial charge is 0.347 e. The highest BCUT2D eigenvalue weighted by atomic mass is 15.1. The van der Waals surface area contributed by atoms with Gasteiger partial charge in [-0.15, -0.1) is 0 Å². The summed E-state index contributed by atoms with van der Waals surface area (Å²) in [5.74, 6) is 0.709. The number of nitrogens with one attached hydrogen (secondary N) is 3. The number of hydrogen-bond donors (Lipinski definition) is 3. The van der Waals surface area contributed by atoms with Gasteiger partial charge in [0.15, 0.2) is 0 Å². The summed E-state index contributed by atoms with van der Waals surface area (Å²) in [6.07, 6.45) is 4.09. The number of nitrogens with zero attached hydrogens (tertiary/aromatic N) is 1. The Morgan fingerprint density at radius 3 is 3.05 bits per heavy atom. The Kier molecular flexibility index (Phi) is 3.05. The molecule has 1 fully saturated rings. The van der Waals surface area contributed by atoms with E-state index >= 15 is 0 Å². The summed E-state index contributed by atoms with van der Waals surface area (Å²) in [5, 5.41) is 7.26. The van der Waals surface area contributed by atoms with Gasteiger partial charge in [-0.05, 0) is 12.0 Å². The van der Waals surface area contributed by atoms with E-state index in [0.717, 1.165) is 19.5 Å². The molecule has 4 heteroatoms. The molecule has 3 unspecified atom stereocenters. The lowest BCUT2D eigenvalue weighted by atomic mass is 10.1. The monoisotopic (exact) mass is 268 g/mol. The minimum absolute atomic E-state index is 0.503. The second-order valence-electron chi connectivity index (χ2n) is 5.88. The highest BCUT2D eigenvalue weighted by Gasteiger charge is 2.38. The van der Waals surface area contributed by atoms with Gasteiger partial charge in [0, 0.05) is 37.5 Å².